The van der Waals surface area contributed by atoms with Gasteiger partial charge in [-0.2, -0.15) is 0 Å². The van der Waals surface area contributed by atoms with E-state index in [0.29, 0.717) is 23.6 Å². The van der Waals surface area contributed by atoms with Crippen molar-refractivity contribution < 1.29 is 24.3 Å². The maximum Gasteiger partial charge on any atom is 0.287 e. The van der Waals surface area contributed by atoms with Crippen molar-refractivity contribution in [1.29, 1.82) is 0 Å². The highest BCUT2D eigenvalue weighted by Crippen LogP contribution is 2.15. The standard InChI is InChI=1S/C22H31N3O5.C2H2/c1-6-8-18(15-25(4)5)20(30-16(3)7-2)22(27)23-13-14-29-19-11-9-17(10-12-19)21(26)24-28;1-2/h6-12,28H,13-15H2,1-5H3,(H,23,27)(H,24,26);1-2H/b8-6+,16-7+,20-18+;. The van der Waals surface area contributed by atoms with Gasteiger partial charge >= 0.3 is 0 Å². The van der Waals surface area contributed by atoms with Gasteiger partial charge < -0.3 is 19.7 Å². The summed E-state index contributed by atoms with van der Waals surface area (Å²) >= 11 is 0. The number of likely N-dealkylation sites (N-methyl/N-ethyl adjacent to an activating group) is 1. The fraction of sp³-hybridized carbons (Fsp3) is 0.333. The summed E-state index contributed by atoms with van der Waals surface area (Å²) in [7, 11) is 3.84. The Hall–Kier alpha value is -3.54. The topological polar surface area (TPSA) is 100 Å². The molecule has 174 valence electrons. The van der Waals surface area contributed by atoms with Crippen LogP contribution in [0.5, 0.6) is 5.75 Å². The molecule has 2 amide bonds. The number of amides is 2. The molecule has 0 spiro atoms. The van der Waals surface area contributed by atoms with Crippen molar-refractivity contribution in [1.82, 2.24) is 15.7 Å². The Labute approximate surface area is 190 Å². The number of terminal acetylenes is 1. The smallest absolute Gasteiger partial charge is 0.287 e. The quantitative estimate of drug-likeness (QED) is 0.0925. The third kappa shape index (κ3) is 10.5. The molecule has 1 aromatic rings. The molecule has 0 unspecified atom stereocenters. The first-order valence-electron chi connectivity index (χ1n) is 9.92. The van der Waals surface area contributed by atoms with Gasteiger partial charge in [-0.05, 0) is 65.2 Å². The normalized spacial score (nSPS) is 11.8. The van der Waals surface area contributed by atoms with E-state index in [0.717, 1.165) is 5.57 Å². The van der Waals surface area contributed by atoms with Crippen LogP contribution in [0.4, 0.5) is 0 Å². The molecule has 0 atom stereocenters. The Morgan fingerprint density at radius 1 is 1.16 bits per heavy atom. The third-order valence-corrected chi connectivity index (χ3v) is 3.90. The van der Waals surface area contributed by atoms with Crippen LogP contribution in [0.1, 0.15) is 31.1 Å². The second kappa shape index (κ2) is 16.2. The second-order valence-corrected chi connectivity index (χ2v) is 6.66. The van der Waals surface area contributed by atoms with Gasteiger partial charge in [0.25, 0.3) is 11.8 Å². The molecule has 0 fully saturated rings. The number of ether oxygens (including phenoxy) is 2. The molecule has 0 aliphatic rings. The number of allylic oxidation sites excluding steroid dienone is 3. The average molecular weight is 444 g/mol. The first kappa shape index (κ1) is 28.5. The van der Waals surface area contributed by atoms with Crippen LogP contribution < -0.4 is 15.5 Å². The highest BCUT2D eigenvalue weighted by Gasteiger charge is 2.17. The molecule has 0 aromatic heterocycles. The van der Waals surface area contributed by atoms with Gasteiger partial charge in [-0.15, -0.1) is 12.8 Å². The lowest BCUT2D eigenvalue weighted by molar-refractivity contribution is -0.120. The fourth-order valence-corrected chi connectivity index (χ4v) is 2.40. The molecule has 0 saturated carbocycles. The Morgan fingerprint density at radius 3 is 2.28 bits per heavy atom. The summed E-state index contributed by atoms with van der Waals surface area (Å²) in [5.41, 5.74) is 2.64. The van der Waals surface area contributed by atoms with E-state index in [4.69, 9.17) is 14.7 Å². The van der Waals surface area contributed by atoms with Crippen molar-refractivity contribution in [3.63, 3.8) is 0 Å². The minimum Gasteiger partial charge on any atom is -0.492 e. The molecule has 0 aliphatic carbocycles. The lowest BCUT2D eigenvalue weighted by Crippen LogP contribution is -2.31. The number of benzene rings is 1. The van der Waals surface area contributed by atoms with E-state index in [-0.39, 0.29) is 24.8 Å². The molecule has 0 aliphatic heterocycles. The van der Waals surface area contributed by atoms with Crippen molar-refractivity contribution in [2.24, 2.45) is 0 Å². The van der Waals surface area contributed by atoms with E-state index in [1.165, 1.54) is 12.1 Å². The van der Waals surface area contributed by atoms with E-state index in [2.05, 4.69) is 18.2 Å². The number of nitrogens with zero attached hydrogens (tertiary/aromatic N) is 1. The van der Waals surface area contributed by atoms with Crippen LogP contribution in [-0.2, 0) is 9.53 Å². The van der Waals surface area contributed by atoms with Gasteiger partial charge in [0.05, 0.1) is 12.3 Å². The summed E-state index contributed by atoms with van der Waals surface area (Å²) in [6, 6.07) is 6.27. The molecule has 0 saturated heterocycles. The zero-order valence-electron chi connectivity index (χ0n) is 19.3. The zero-order chi connectivity index (χ0) is 24.5. The molecule has 8 heteroatoms. The first-order chi connectivity index (χ1) is 15.3. The molecule has 1 aromatic carbocycles. The van der Waals surface area contributed by atoms with Gasteiger partial charge in [0.2, 0.25) is 0 Å². The minimum absolute atomic E-state index is 0.236. The number of rotatable bonds is 11. The minimum atomic E-state index is -0.598. The second-order valence-electron chi connectivity index (χ2n) is 6.66. The lowest BCUT2D eigenvalue weighted by atomic mass is 10.2. The van der Waals surface area contributed by atoms with Gasteiger partial charge in [0, 0.05) is 17.7 Å². The Bertz CT molecular complexity index is 837. The van der Waals surface area contributed by atoms with Gasteiger partial charge in [0.1, 0.15) is 12.4 Å². The van der Waals surface area contributed by atoms with Crippen molar-refractivity contribution in [2.75, 3.05) is 33.8 Å². The molecular weight excluding hydrogens is 410 g/mol. The van der Waals surface area contributed by atoms with Crippen molar-refractivity contribution in [3.8, 4) is 18.6 Å². The maximum absolute atomic E-state index is 12.8. The predicted octanol–water partition coefficient (Wildman–Crippen LogP) is 2.88. The Morgan fingerprint density at radius 2 is 1.78 bits per heavy atom. The Kier molecular flexibility index (Phi) is 14.4. The Balaban J connectivity index is 0.00000466. The van der Waals surface area contributed by atoms with Crippen molar-refractivity contribution in [2.45, 2.75) is 20.8 Å². The third-order valence-electron chi connectivity index (χ3n) is 3.90. The number of carbonyl (C=O) groups excluding carboxylic acids is 2. The van der Waals surface area contributed by atoms with Gasteiger partial charge in [-0.1, -0.05) is 12.2 Å². The van der Waals surface area contributed by atoms with Crippen molar-refractivity contribution in [3.05, 3.63) is 65.1 Å². The first-order valence-corrected chi connectivity index (χ1v) is 9.92. The number of nitrogens with one attached hydrogen (secondary N) is 2. The predicted molar refractivity (Wildman–Crippen MR) is 125 cm³/mol. The molecule has 1 rings (SSSR count). The molecular formula is C24H33N3O5. The van der Waals surface area contributed by atoms with Crippen LogP contribution in [0.25, 0.3) is 0 Å². The van der Waals surface area contributed by atoms with E-state index in [1.807, 2.05) is 45.0 Å². The number of carbonyl (C=O) groups is 2. The highest BCUT2D eigenvalue weighted by atomic mass is 16.5. The lowest BCUT2D eigenvalue weighted by Gasteiger charge is -2.17. The zero-order valence-corrected chi connectivity index (χ0v) is 19.3. The molecule has 32 heavy (non-hydrogen) atoms. The van der Waals surface area contributed by atoms with E-state index < -0.39 is 5.91 Å². The van der Waals surface area contributed by atoms with E-state index in [1.54, 1.807) is 30.6 Å². The van der Waals surface area contributed by atoms with Crippen LogP contribution in [0.3, 0.4) is 0 Å². The van der Waals surface area contributed by atoms with Gasteiger partial charge in [-0.3, -0.25) is 14.8 Å². The fourth-order valence-electron chi connectivity index (χ4n) is 2.40. The van der Waals surface area contributed by atoms with Crippen LogP contribution >= 0.6 is 0 Å². The number of hydroxylamine groups is 1. The van der Waals surface area contributed by atoms with Crippen LogP contribution in [0.2, 0.25) is 0 Å². The number of hydrogen-bond donors (Lipinski definition) is 3. The summed E-state index contributed by atoms with van der Waals surface area (Å²) in [4.78, 5) is 26.0. The molecule has 0 bridgehead atoms. The molecule has 8 nitrogen and oxygen atoms in total. The maximum atomic E-state index is 12.8. The number of hydrogen-bond acceptors (Lipinski definition) is 6. The van der Waals surface area contributed by atoms with Gasteiger partial charge in [0.15, 0.2) is 5.76 Å². The molecule has 3 N–H and O–H groups in total. The summed E-state index contributed by atoms with van der Waals surface area (Å²) in [5.74, 6) is 0.489. The largest absolute Gasteiger partial charge is 0.492 e. The van der Waals surface area contributed by atoms with Crippen LogP contribution in [0, 0.1) is 12.8 Å². The van der Waals surface area contributed by atoms with Crippen LogP contribution in [-0.4, -0.2) is 55.7 Å². The SMILES string of the molecule is C#C.C/C=C/C(CN(C)C)=C(\O/C(C)=C/C)C(=O)NCCOc1ccc(C(=O)NO)cc1. The molecule has 0 radical (unpaired) electrons. The van der Waals surface area contributed by atoms with Crippen LogP contribution in [0.15, 0.2) is 59.6 Å². The molecule has 0 heterocycles. The summed E-state index contributed by atoms with van der Waals surface area (Å²) < 4.78 is 11.4. The summed E-state index contributed by atoms with van der Waals surface area (Å²) in [6.45, 7) is 6.57. The van der Waals surface area contributed by atoms with Crippen molar-refractivity contribution >= 4 is 11.8 Å². The van der Waals surface area contributed by atoms with E-state index >= 15 is 0 Å². The monoisotopic (exact) mass is 443 g/mol. The summed E-state index contributed by atoms with van der Waals surface area (Å²) in [5, 5.41) is 11.4. The summed E-state index contributed by atoms with van der Waals surface area (Å²) in [6.07, 6.45) is 13.5. The van der Waals surface area contributed by atoms with E-state index in [9.17, 15) is 9.59 Å². The average Bonchev–Trinajstić information content (AvgIpc) is 2.80. The van der Waals surface area contributed by atoms with Gasteiger partial charge in [-0.25, -0.2) is 5.48 Å². The highest BCUT2D eigenvalue weighted by molar-refractivity contribution is 5.93.